The maximum absolute atomic E-state index is 4.65. The average Bonchev–Trinajstić information content (AvgIpc) is 2.71. The van der Waals surface area contributed by atoms with E-state index in [4.69, 9.17) is 0 Å². The van der Waals surface area contributed by atoms with Crippen molar-refractivity contribution in [3.8, 4) is 22.4 Å². The Morgan fingerprint density at radius 2 is 1.55 bits per heavy atom. The first-order chi connectivity index (χ1) is 13.8. The molecule has 2 heterocycles. The second-order valence-corrected chi connectivity index (χ2v) is 8.43. The summed E-state index contributed by atoms with van der Waals surface area (Å²) in [6.07, 6.45) is 1.99. The molecule has 29 heavy (non-hydrogen) atoms. The Hall–Kier alpha value is -3.00. The number of hydrogen-bond donors (Lipinski definition) is 0. The van der Waals surface area contributed by atoms with E-state index in [1.807, 2.05) is 6.20 Å². The molecule has 0 saturated heterocycles. The summed E-state index contributed by atoms with van der Waals surface area (Å²) in [5.74, 6) is 0.446. The van der Waals surface area contributed by atoms with Crippen LogP contribution in [0.5, 0.6) is 0 Å². The molecule has 4 rings (SSSR count). The van der Waals surface area contributed by atoms with E-state index in [1.165, 1.54) is 44.4 Å². The van der Waals surface area contributed by atoms with Crippen LogP contribution in [0.1, 0.15) is 42.1 Å². The van der Waals surface area contributed by atoms with E-state index in [9.17, 15) is 0 Å². The predicted octanol–water partition coefficient (Wildman–Crippen LogP) is 6.44. The third-order valence-corrected chi connectivity index (χ3v) is 5.97. The van der Waals surface area contributed by atoms with Gasteiger partial charge in [0.1, 0.15) is 7.05 Å². The highest BCUT2D eigenvalue weighted by atomic mass is 14.9. The minimum Gasteiger partial charge on any atom is -0.260 e. The van der Waals surface area contributed by atoms with E-state index < -0.39 is 0 Å². The molecule has 0 radical (unpaired) electrons. The Morgan fingerprint density at radius 3 is 2.24 bits per heavy atom. The van der Waals surface area contributed by atoms with Crippen LogP contribution in [0.3, 0.4) is 0 Å². The monoisotopic (exact) mass is 381 g/mol. The second kappa shape index (κ2) is 7.44. The fraction of sp³-hybridized carbons (Fsp3) is 0.259. The molecule has 4 aromatic rings. The van der Waals surface area contributed by atoms with Crippen LogP contribution in [0.15, 0.2) is 60.8 Å². The number of nitrogens with zero attached hydrogens (tertiary/aromatic N) is 2. The van der Waals surface area contributed by atoms with Crippen LogP contribution in [0.4, 0.5) is 0 Å². The smallest absolute Gasteiger partial charge is 0.213 e. The van der Waals surface area contributed by atoms with E-state index >= 15 is 0 Å². The zero-order valence-corrected chi connectivity index (χ0v) is 18.2. The number of hydrogen-bond acceptors (Lipinski definition) is 1. The van der Waals surface area contributed by atoms with Gasteiger partial charge in [-0.15, -0.1) is 0 Å². The third kappa shape index (κ3) is 3.55. The molecule has 0 unspecified atom stereocenters. The van der Waals surface area contributed by atoms with Crippen molar-refractivity contribution in [2.24, 2.45) is 7.05 Å². The zero-order chi connectivity index (χ0) is 20.7. The first-order valence-corrected chi connectivity index (χ1v) is 10.3. The van der Waals surface area contributed by atoms with Crippen molar-refractivity contribution in [2.75, 3.05) is 0 Å². The summed E-state index contributed by atoms with van der Waals surface area (Å²) in [5, 5.41) is 1.24. The highest BCUT2D eigenvalue weighted by Crippen LogP contribution is 2.28. The molecule has 2 nitrogen and oxygen atoms in total. The summed E-state index contributed by atoms with van der Waals surface area (Å²) >= 11 is 0. The van der Waals surface area contributed by atoms with Gasteiger partial charge >= 0.3 is 0 Å². The molecular weight excluding hydrogens is 352 g/mol. The minimum absolute atomic E-state index is 0.446. The number of benzene rings is 2. The lowest BCUT2D eigenvalue weighted by Gasteiger charge is -2.11. The standard InChI is InChI=1S/C27H29N2/c1-17(2)25-11-9-23(16-28-25)22-8-7-21-10-12-26(29(6)27(21)15-22)24-14-18(3)13-19(4)20(24)5/h7-17H,1-6H3/q+1. The molecule has 2 heteroatoms. The van der Waals surface area contributed by atoms with Gasteiger partial charge in [-0.1, -0.05) is 37.6 Å². The molecule has 0 aliphatic rings. The Kier molecular flexibility index (Phi) is 4.96. The Bertz CT molecular complexity index is 1200. The second-order valence-electron chi connectivity index (χ2n) is 8.43. The minimum atomic E-state index is 0.446. The van der Waals surface area contributed by atoms with Crippen LogP contribution in [0.2, 0.25) is 0 Å². The van der Waals surface area contributed by atoms with Crippen LogP contribution >= 0.6 is 0 Å². The van der Waals surface area contributed by atoms with Crippen LogP contribution in [-0.2, 0) is 7.05 Å². The topological polar surface area (TPSA) is 16.8 Å². The summed E-state index contributed by atoms with van der Waals surface area (Å²) in [7, 11) is 2.17. The first-order valence-electron chi connectivity index (χ1n) is 10.3. The summed E-state index contributed by atoms with van der Waals surface area (Å²) in [4.78, 5) is 4.65. The lowest BCUT2D eigenvalue weighted by molar-refractivity contribution is -0.633. The van der Waals surface area contributed by atoms with Crippen molar-refractivity contribution in [1.29, 1.82) is 0 Å². The highest BCUT2D eigenvalue weighted by molar-refractivity contribution is 5.83. The maximum Gasteiger partial charge on any atom is 0.213 e. The molecule has 0 aliphatic carbocycles. The SMILES string of the molecule is Cc1cc(C)c(C)c(-c2ccc3ccc(-c4ccc(C(C)C)nc4)cc3[n+]2C)c1. The first kappa shape index (κ1) is 19.3. The van der Waals surface area contributed by atoms with Crippen molar-refractivity contribution in [3.63, 3.8) is 0 Å². The molecule has 2 aromatic heterocycles. The Labute approximate surface area is 173 Å². The van der Waals surface area contributed by atoms with Gasteiger partial charge in [0, 0.05) is 40.5 Å². The van der Waals surface area contributed by atoms with Gasteiger partial charge in [0.25, 0.3) is 0 Å². The van der Waals surface area contributed by atoms with Crippen LogP contribution in [0, 0.1) is 20.8 Å². The molecule has 0 aliphatic heterocycles. The van der Waals surface area contributed by atoms with Crippen molar-refractivity contribution in [3.05, 3.63) is 83.2 Å². The molecule has 0 atom stereocenters. The van der Waals surface area contributed by atoms with Crippen molar-refractivity contribution in [2.45, 2.75) is 40.5 Å². The highest BCUT2D eigenvalue weighted by Gasteiger charge is 2.18. The lowest BCUT2D eigenvalue weighted by atomic mass is 9.96. The van der Waals surface area contributed by atoms with E-state index in [0.717, 1.165) is 11.3 Å². The third-order valence-electron chi connectivity index (χ3n) is 5.97. The van der Waals surface area contributed by atoms with E-state index in [1.54, 1.807) is 0 Å². The zero-order valence-electron chi connectivity index (χ0n) is 18.2. The molecule has 0 fully saturated rings. The lowest BCUT2D eigenvalue weighted by Crippen LogP contribution is -2.32. The molecule has 2 aromatic carbocycles. The van der Waals surface area contributed by atoms with Gasteiger partial charge < -0.3 is 0 Å². The number of aryl methyl sites for hydroxylation is 3. The van der Waals surface area contributed by atoms with E-state index in [2.05, 4.69) is 106 Å². The van der Waals surface area contributed by atoms with Crippen LogP contribution in [0.25, 0.3) is 33.3 Å². The van der Waals surface area contributed by atoms with Crippen LogP contribution < -0.4 is 4.57 Å². The average molecular weight is 382 g/mol. The van der Waals surface area contributed by atoms with Gasteiger partial charge in [-0.2, -0.15) is 4.57 Å². The quantitative estimate of drug-likeness (QED) is 0.373. The molecular formula is C27H29N2+. The Morgan fingerprint density at radius 1 is 0.828 bits per heavy atom. The summed E-state index contributed by atoms with van der Waals surface area (Å²) in [6.45, 7) is 10.9. The van der Waals surface area contributed by atoms with E-state index in [-0.39, 0.29) is 0 Å². The van der Waals surface area contributed by atoms with Gasteiger partial charge in [-0.3, -0.25) is 4.98 Å². The number of rotatable bonds is 3. The van der Waals surface area contributed by atoms with Crippen molar-refractivity contribution >= 4 is 10.9 Å². The molecule has 0 spiro atoms. The summed E-state index contributed by atoms with van der Waals surface area (Å²) in [5.41, 5.74) is 11.2. The van der Waals surface area contributed by atoms with Gasteiger partial charge in [0.2, 0.25) is 11.2 Å². The Balaban J connectivity index is 1.86. The summed E-state index contributed by atoms with van der Waals surface area (Å²) < 4.78 is 2.32. The maximum atomic E-state index is 4.65. The number of aromatic nitrogens is 2. The predicted molar refractivity (Wildman–Crippen MR) is 122 cm³/mol. The van der Waals surface area contributed by atoms with Crippen molar-refractivity contribution < 1.29 is 4.57 Å². The van der Waals surface area contributed by atoms with E-state index in [0.29, 0.717) is 5.92 Å². The summed E-state index contributed by atoms with van der Waals surface area (Å²) in [6, 6.07) is 20.0. The van der Waals surface area contributed by atoms with Crippen molar-refractivity contribution in [1.82, 2.24) is 4.98 Å². The normalized spacial score (nSPS) is 11.4. The van der Waals surface area contributed by atoms with Gasteiger partial charge in [0.05, 0.1) is 0 Å². The van der Waals surface area contributed by atoms with Gasteiger partial charge in [-0.25, -0.2) is 0 Å². The fourth-order valence-corrected chi connectivity index (χ4v) is 4.06. The van der Waals surface area contributed by atoms with Gasteiger partial charge in [0.15, 0.2) is 0 Å². The van der Waals surface area contributed by atoms with Crippen LogP contribution in [-0.4, -0.2) is 4.98 Å². The fourth-order valence-electron chi connectivity index (χ4n) is 4.06. The number of fused-ring (bicyclic) bond motifs is 1. The van der Waals surface area contributed by atoms with Gasteiger partial charge in [-0.05, 0) is 67.6 Å². The molecule has 0 bridgehead atoms. The largest absolute Gasteiger partial charge is 0.260 e. The molecule has 0 amide bonds. The molecule has 0 saturated carbocycles. The molecule has 0 N–H and O–H groups in total. The molecule has 146 valence electrons. The number of pyridine rings is 2.